The Kier molecular flexibility index (Phi) is 1.56. The van der Waals surface area contributed by atoms with Gasteiger partial charge in [-0.15, -0.1) is 0 Å². The van der Waals surface area contributed by atoms with Gasteiger partial charge in [-0.2, -0.15) is 0 Å². The first-order chi connectivity index (χ1) is 5.91. The van der Waals surface area contributed by atoms with E-state index in [0.29, 0.717) is 11.7 Å². The maximum absolute atomic E-state index is 11.7. The number of carbonyl (C=O) groups is 1. The Labute approximate surface area is 80.2 Å². The van der Waals surface area contributed by atoms with Crippen LogP contribution >= 0.6 is 0 Å². The summed E-state index contributed by atoms with van der Waals surface area (Å²) in [6.45, 7) is 10.4. The van der Waals surface area contributed by atoms with Crippen LogP contribution in [0.1, 0.15) is 40.0 Å². The molecule has 0 N–H and O–H groups in total. The lowest BCUT2D eigenvalue weighted by atomic mass is 9.67. The zero-order chi connectivity index (χ0) is 9.85. The van der Waals surface area contributed by atoms with Crippen molar-refractivity contribution < 1.29 is 4.79 Å². The minimum atomic E-state index is -0.131. The number of hydrogen-bond donors (Lipinski definition) is 0. The molecule has 0 radical (unpaired) electrons. The van der Waals surface area contributed by atoms with Crippen LogP contribution in [-0.2, 0) is 4.79 Å². The second-order valence-corrected chi connectivity index (χ2v) is 5.28. The van der Waals surface area contributed by atoms with Gasteiger partial charge in [0.15, 0.2) is 0 Å². The number of hydrogen-bond acceptors (Lipinski definition) is 1. The minimum absolute atomic E-state index is 0.131. The first kappa shape index (κ1) is 8.98. The van der Waals surface area contributed by atoms with Crippen LogP contribution in [0.5, 0.6) is 0 Å². The second kappa shape index (κ2) is 2.26. The third-order valence-corrected chi connectivity index (χ3v) is 4.56. The molecule has 0 aliphatic heterocycles. The first-order valence-corrected chi connectivity index (χ1v) is 5.12. The number of Topliss-reactive ketones (excluding diaryl/α,β-unsaturated/α-hetero) is 1. The summed E-state index contributed by atoms with van der Waals surface area (Å²) >= 11 is 0. The fourth-order valence-corrected chi connectivity index (χ4v) is 3.33. The van der Waals surface area contributed by atoms with Gasteiger partial charge in [0.05, 0.1) is 5.41 Å². The van der Waals surface area contributed by atoms with E-state index in [1.165, 1.54) is 12.0 Å². The maximum Gasteiger partial charge on any atom is 0.140 e. The van der Waals surface area contributed by atoms with Crippen molar-refractivity contribution in [2.24, 2.45) is 16.7 Å². The molecule has 2 aliphatic carbocycles. The van der Waals surface area contributed by atoms with Crippen LogP contribution in [0.15, 0.2) is 12.2 Å². The number of carbonyl (C=O) groups excluding carboxylic acids is 1. The molecule has 0 unspecified atom stereocenters. The molecule has 2 saturated carbocycles. The molecule has 2 fully saturated rings. The standard InChI is InChI=1S/C12H18O/c1-8-11(3,4)10-5-6-12(8,7-10)9(2)13/h10H,1,5-7H2,2-4H3/t10-,12-/m0/s1. The molecule has 72 valence electrons. The van der Waals surface area contributed by atoms with Crippen molar-refractivity contribution in [2.45, 2.75) is 40.0 Å². The lowest BCUT2D eigenvalue weighted by Crippen LogP contribution is -2.32. The fraction of sp³-hybridized carbons (Fsp3) is 0.750. The maximum atomic E-state index is 11.7. The molecule has 0 aromatic carbocycles. The van der Waals surface area contributed by atoms with Gasteiger partial charge in [0, 0.05) is 0 Å². The topological polar surface area (TPSA) is 17.1 Å². The van der Waals surface area contributed by atoms with E-state index in [2.05, 4.69) is 20.4 Å². The van der Waals surface area contributed by atoms with E-state index < -0.39 is 0 Å². The van der Waals surface area contributed by atoms with E-state index in [-0.39, 0.29) is 10.8 Å². The van der Waals surface area contributed by atoms with E-state index in [1.807, 2.05) is 0 Å². The van der Waals surface area contributed by atoms with Crippen molar-refractivity contribution in [1.82, 2.24) is 0 Å². The van der Waals surface area contributed by atoms with Gasteiger partial charge in [-0.3, -0.25) is 4.79 Å². The molecular formula is C12H18O. The van der Waals surface area contributed by atoms with Crippen molar-refractivity contribution in [1.29, 1.82) is 0 Å². The van der Waals surface area contributed by atoms with Gasteiger partial charge < -0.3 is 0 Å². The smallest absolute Gasteiger partial charge is 0.140 e. The average molecular weight is 178 g/mol. The number of fused-ring (bicyclic) bond motifs is 2. The molecule has 2 rings (SSSR count). The summed E-state index contributed by atoms with van der Waals surface area (Å²) < 4.78 is 0. The first-order valence-electron chi connectivity index (χ1n) is 5.12. The highest BCUT2D eigenvalue weighted by Crippen LogP contribution is 2.65. The SMILES string of the molecule is C=C1C(C)(C)[C@H]2CC[C@]1(C(C)=O)C2. The Morgan fingerprint density at radius 1 is 1.54 bits per heavy atom. The Morgan fingerprint density at radius 2 is 2.15 bits per heavy atom. The quantitative estimate of drug-likeness (QED) is 0.564. The van der Waals surface area contributed by atoms with Crippen molar-refractivity contribution in [2.75, 3.05) is 0 Å². The van der Waals surface area contributed by atoms with Crippen LogP contribution in [-0.4, -0.2) is 5.78 Å². The predicted molar refractivity (Wildman–Crippen MR) is 53.4 cm³/mol. The third kappa shape index (κ3) is 0.853. The summed E-state index contributed by atoms with van der Waals surface area (Å²) in [6, 6.07) is 0. The highest BCUT2D eigenvalue weighted by atomic mass is 16.1. The summed E-state index contributed by atoms with van der Waals surface area (Å²) in [5.41, 5.74) is 1.27. The Morgan fingerprint density at radius 3 is 2.46 bits per heavy atom. The molecule has 0 aromatic heterocycles. The summed E-state index contributed by atoms with van der Waals surface area (Å²) in [4.78, 5) is 11.7. The molecule has 2 atom stereocenters. The number of ketones is 1. The number of rotatable bonds is 1. The third-order valence-electron chi connectivity index (χ3n) is 4.56. The Balaban J connectivity index is 2.46. The zero-order valence-electron chi connectivity index (χ0n) is 8.81. The van der Waals surface area contributed by atoms with Crippen LogP contribution in [0, 0.1) is 16.7 Å². The lowest BCUT2D eigenvalue weighted by molar-refractivity contribution is -0.124. The van der Waals surface area contributed by atoms with Crippen molar-refractivity contribution in [3.8, 4) is 0 Å². The normalized spacial score (nSPS) is 41.2. The molecule has 0 saturated heterocycles. The second-order valence-electron chi connectivity index (χ2n) is 5.28. The molecule has 13 heavy (non-hydrogen) atoms. The van der Waals surface area contributed by atoms with E-state index in [0.717, 1.165) is 12.8 Å². The van der Waals surface area contributed by atoms with Gasteiger partial charge in [-0.05, 0) is 37.5 Å². The molecule has 0 heterocycles. The van der Waals surface area contributed by atoms with E-state index in [9.17, 15) is 4.79 Å². The highest BCUT2D eigenvalue weighted by molar-refractivity contribution is 5.87. The van der Waals surface area contributed by atoms with Crippen molar-refractivity contribution in [3.63, 3.8) is 0 Å². The van der Waals surface area contributed by atoms with Gasteiger partial charge in [0.1, 0.15) is 5.78 Å². The van der Waals surface area contributed by atoms with Gasteiger partial charge in [0.2, 0.25) is 0 Å². The van der Waals surface area contributed by atoms with E-state index in [1.54, 1.807) is 6.92 Å². The van der Waals surface area contributed by atoms with E-state index >= 15 is 0 Å². The molecular weight excluding hydrogens is 160 g/mol. The van der Waals surface area contributed by atoms with Crippen molar-refractivity contribution >= 4 is 5.78 Å². The summed E-state index contributed by atoms with van der Waals surface area (Å²) in [7, 11) is 0. The van der Waals surface area contributed by atoms with Gasteiger partial charge in [0.25, 0.3) is 0 Å². The van der Waals surface area contributed by atoms with Crippen LogP contribution < -0.4 is 0 Å². The lowest BCUT2D eigenvalue weighted by Gasteiger charge is -2.36. The summed E-state index contributed by atoms with van der Waals surface area (Å²) in [6.07, 6.45) is 3.33. The molecule has 2 aliphatic rings. The van der Waals surface area contributed by atoms with E-state index in [4.69, 9.17) is 0 Å². The molecule has 0 spiro atoms. The Hall–Kier alpha value is -0.590. The highest BCUT2D eigenvalue weighted by Gasteiger charge is 2.59. The molecule has 0 aromatic rings. The van der Waals surface area contributed by atoms with Crippen LogP contribution in [0.3, 0.4) is 0 Å². The number of allylic oxidation sites excluding steroid dienone is 1. The van der Waals surface area contributed by atoms with Crippen LogP contribution in [0.2, 0.25) is 0 Å². The van der Waals surface area contributed by atoms with Crippen LogP contribution in [0.25, 0.3) is 0 Å². The van der Waals surface area contributed by atoms with Crippen molar-refractivity contribution in [3.05, 3.63) is 12.2 Å². The Bertz CT molecular complexity index is 287. The molecule has 2 bridgehead atoms. The molecule has 0 amide bonds. The van der Waals surface area contributed by atoms with Gasteiger partial charge >= 0.3 is 0 Å². The molecule has 1 nitrogen and oxygen atoms in total. The fourth-order valence-electron chi connectivity index (χ4n) is 3.33. The largest absolute Gasteiger partial charge is 0.299 e. The van der Waals surface area contributed by atoms with Gasteiger partial charge in [-0.1, -0.05) is 26.0 Å². The van der Waals surface area contributed by atoms with Crippen LogP contribution in [0.4, 0.5) is 0 Å². The zero-order valence-corrected chi connectivity index (χ0v) is 8.81. The average Bonchev–Trinajstić information content (AvgIpc) is 2.53. The predicted octanol–water partition coefficient (Wildman–Crippen LogP) is 2.96. The summed E-state index contributed by atoms with van der Waals surface area (Å²) in [5, 5.41) is 0. The molecule has 1 heteroatoms. The van der Waals surface area contributed by atoms with Gasteiger partial charge in [-0.25, -0.2) is 0 Å². The minimum Gasteiger partial charge on any atom is -0.299 e. The monoisotopic (exact) mass is 178 g/mol. The summed E-state index contributed by atoms with van der Waals surface area (Å²) in [5.74, 6) is 1.04.